The van der Waals surface area contributed by atoms with Crippen molar-refractivity contribution < 1.29 is 30.7 Å². The first kappa shape index (κ1) is 29.8. The molecule has 230 valence electrons. The van der Waals surface area contributed by atoms with Crippen LogP contribution in [0.3, 0.4) is 0 Å². The number of rotatable bonds is 7. The summed E-state index contributed by atoms with van der Waals surface area (Å²) >= 11 is 0. The number of fused-ring (bicyclic) bond motifs is 2. The Morgan fingerprint density at radius 3 is 2.52 bits per heavy atom. The summed E-state index contributed by atoms with van der Waals surface area (Å²) in [6.45, 7) is 2.31. The lowest BCUT2D eigenvalue weighted by molar-refractivity contribution is 0.0964. The van der Waals surface area contributed by atoms with Gasteiger partial charge in [0.05, 0.1) is 17.5 Å². The summed E-state index contributed by atoms with van der Waals surface area (Å²) in [4.78, 5) is 13.2. The summed E-state index contributed by atoms with van der Waals surface area (Å²) in [5.74, 6) is -0.407. The maximum atomic E-state index is 13.9. The lowest BCUT2D eigenvalue weighted by atomic mass is 9.89. The first-order chi connectivity index (χ1) is 20.9. The van der Waals surface area contributed by atoms with Gasteiger partial charge in [-0.15, -0.1) is 0 Å². The second kappa shape index (κ2) is 11.0. The lowest BCUT2D eigenvalue weighted by Crippen LogP contribution is -2.39. The summed E-state index contributed by atoms with van der Waals surface area (Å²) in [6.07, 6.45) is 2.22. The predicted octanol–water partition coefficient (Wildman–Crippen LogP) is 4.27. The van der Waals surface area contributed by atoms with Crippen LogP contribution in [0.15, 0.2) is 68.5 Å². The van der Waals surface area contributed by atoms with Gasteiger partial charge in [0.2, 0.25) is 20.0 Å². The molecule has 1 atom stereocenters. The highest BCUT2D eigenvalue weighted by atomic mass is 32.2. The van der Waals surface area contributed by atoms with Crippen LogP contribution in [-0.4, -0.2) is 70.8 Å². The van der Waals surface area contributed by atoms with Gasteiger partial charge in [-0.2, -0.15) is 4.31 Å². The number of sulfonamides is 2. The molecule has 3 aromatic carbocycles. The number of hydrogen-bond acceptors (Lipinski definition) is 9. The number of aromatic nitrogens is 2. The Labute approximate surface area is 254 Å². The second-order valence-electron chi connectivity index (χ2n) is 11.0. The molecule has 0 unspecified atom stereocenters. The highest BCUT2D eigenvalue weighted by molar-refractivity contribution is 7.92. The van der Waals surface area contributed by atoms with E-state index in [2.05, 4.69) is 15.6 Å². The first-order valence-corrected chi connectivity index (χ1v) is 17.2. The van der Waals surface area contributed by atoms with Crippen molar-refractivity contribution in [3.05, 3.63) is 71.3 Å². The highest BCUT2D eigenvalue weighted by Crippen LogP contribution is 2.42. The van der Waals surface area contributed by atoms with Crippen LogP contribution in [0.1, 0.15) is 40.2 Å². The van der Waals surface area contributed by atoms with Gasteiger partial charge in [-0.1, -0.05) is 35.9 Å². The molecule has 0 saturated carbocycles. The largest absolute Gasteiger partial charge is 0.455 e. The molecule has 44 heavy (non-hydrogen) atoms. The maximum Gasteiger partial charge on any atom is 0.255 e. The number of hydrogen-bond donors (Lipinski definition) is 1. The molecule has 0 spiro atoms. The summed E-state index contributed by atoms with van der Waals surface area (Å²) < 4.78 is 66.9. The van der Waals surface area contributed by atoms with E-state index in [0.717, 1.165) is 16.1 Å². The molecule has 2 aromatic heterocycles. The number of amides is 1. The Bertz CT molecular complexity index is 2120. The van der Waals surface area contributed by atoms with Gasteiger partial charge < -0.3 is 9.73 Å². The molecule has 1 saturated heterocycles. The Balaban J connectivity index is 1.51. The minimum Gasteiger partial charge on any atom is -0.455 e. The van der Waals surface area contributed by atoms with Crippen LogP contribution in [-0.2, 0) is 20.0 Å². The molecule has 0 radical (unpaired) electrons. The Kier molecular flexibility index (Phi) is 7.46. The molecule has 5 aromatic rings. The number of furan rings is 1. The molecule has 1 aliphatic heterocycles. The number of carbonyl (C=O) groups excluding carboxylic acids is 1. The topological polar surface area (TPSA) is 156 Å². The summed E-state index contributed by atoms with van der Waals surface area (Å²) in [5.41, 5.74) is 3.78. The summed E-state index contributed by atoms with van der Waals surface area (Å²) in [7, 11) is -4.75. The van der Waals surface area contributed by atoms with Gasteiger partial charge in [0.25, 0.3) is 5.91 Å². The third-order valence-electron chi connectivity index (χ3n) is 8.13. The molecule has 0 aliphatic carbocycles. The maximum absolute atomic E-state index is 13.9. The molecular weight excluding hydrogens is 606 g/mol. The molecule has 3 heterocycles. The van der Waals surface area contributed by atoms with E-state index in [0.29, 0.717) is 57.5 Å². The van der Waals surface area contributed by atoms with Gasteiger partial charge in [-0.05, 0) is 59.8 Å². The van der Waals surface area contributed by atoms with E-state index in [4.69, 9.17) is 9.05 Å². The fraction of sp³-hybridized carbons (Fsp3) is 0.300. The molecule has 1 aliphatic rings. The van der Waals surface area contributed by atoms with Crippen LogP contribution in [0.25, 0.3) is 33.3 Å². The minimum atomic E-state index is -4.01. The van der Waals surface area contributed by atoms with Crippen LogP contribution in [0, 0.1) is 6.92 Å². The number of anilines is 1. The van der Waals surface area contributed by atoms with Crippen LogP contribution in [0.4, 0.5) is 5.69 Å². The molecule has 1 N–H and O–H groups in total. The van der Waals surface area contributed by atoms with Crippen molar-refractivity contribution in [3.8, 4) is 11.3 Å². The third-order valence-corrected chi connectivity index (χ3v) is 11.2. The average molecular weight is 638 g/mol. The van der Waals surface area contributed by atoms with Crippen molar-refractivity contribution in [2.75, 3.05) is 37.7 Å². The SMILES string of the molecule is CNC(=O)c1c(-c2ccc(C)cc2)oc2cc(N(C)S(C)(=O)=O)c([C@H]3CCCN(S(=O)(=O)c4cccc5nonc45)C3)cc12. The van der Waals surface area contributed by atoms with E-state index < -0.39 is 26.0 Å². The molecule has 1 amide bonds. The number of carbonyl (C=O) groups is 1. The normalized spacial score (nSPS) is 16.4. The number of aryl methyl sites for hydroxylation is 1. The van der Waals surface area contributed by atoms with Crippen molar-refractivity contribution in [1.82, 2.24) is 19.9 Å². The first-order valence-electron chi connectivity index (χ1n) is 13.9. The smallest absolute Gasteiger partial charge is 0.255 e. The fourth-order valence-electron chi connectivity index (χ4n) is 5.73. The van der Waals surface area contributed by atoms with Crippen LogP contribution in [0.5, 0.6) is 0 Å². The minimum absolute atomic E-state index is 0.0136. The molecule has 0 bridgehead atoms. The van der Waals surface area contributed by atoms with Crippen molar-refractivity contribution in [1.29, 1.82) is 0 Å². The zero-order valence-electron chi connectivity index (χ0n) is 24.6. The van der Waals surface area contributed by atoms with E-state index >= 15 is 0 Å². The molecule has 14 heteroatoms. The number of benzene rings is 3. The van der Waals surface area contributed by atoms with Gasteiger partial charge in [-0.3, -0.25) is 9.10 Å². The predicted molar refractivity (Wildman–Crippen MR) is 166 cm³/mol. The van der Waals surface area contributed by atoms with Gasteiger partial charge in [0.15, 0.2) is 5.52 Å². The van der Waals surface area contributed by atoms with Crippen LogP contribution in [0.2, 0.25) is 0 Å². The average Bonchev–Trinajstić information content (AvgIpc) is 3.64. The standard InChI is InChI=1S/C30H31N5O7S2/c1-18-10-12-19(13-11-18)29-27(30(36)31-2)22-15-21(24(16-25(22)41-29)34(3)43(4,37)38)20-7-6-14-35(17-20)44(39,40)26-9-5-8-23-28(26)33-42-32-23/h5,8-13,15-16,20H,6-7,14,17H2,1-4H3,(H,31,36)/t20-/m0/s1. The Morgan fingerprint density at radius 2 is 1.82 bits per heavy atom. The van der Waals surface area contributed by atoms with Gasteiger partial charge in [0.1, 0.15) is 21.8 Å². The van der Waals surface area contributed by atoms with Crippen molar-refractivity contribution >= 4 is 53.6 Å². The van der Waals surface area contributed by atoms with Crippen LogP contribution < -0.4 is 9.62 Å². The quantitative estimate of drug-likeness (QED) is 0.275. The number of nitrogens with one attached hydrogen (secondary N) is 1. The van der Waals surface area contributed by atoms with Crippen molar-refractivity contribution in [3.63, 3.8) is 0 Å². The molecule has 12 nitrogen and oxygen atoms in total. The number of nitrogens with zero attached hydrogens (tertiary/aromatic N) is 4. The van der Waals surface area contributed by atoms with Crippen molar-refractivity contribution in [2.24, 2.45) is 0 Å². The zero-order chi connectivity index (χ0) is 31.4. The lowest BCUT2D eigenvalue weighted by Gasteiger charge is -2.34. The number of piperidine rings is 1. The fourth-order valence-corrected chi connectivity index (χ4v) is 7.91. The molecular formula is C30H31N5O7S2. The second-order valence-corrected chi connectivity index (χ2v) is 14.9. The van der Waals surface area contributed by atoms with E-state index in [1.165, 1.54) is 24.5 Å². The van der Waals surface area contributed by atoms with Gasteiger partial charge in [0, 0.05) is 44.2 Å². The Morgan fingerprint density at radius 1 is 1.07 bits per heavy atom. The summed E-state index contributed by atoms with van der Waals surface area (Å²) in [6, 6.07) is 15.6. The van der Waals surface area contributed by atoms with Crippen LogP contribution >= 0.6 is 0 Å². The molecule has 6 rings (SSSR count). The van der Waals surface area contributed by atoms with Gasteiger partial charge >= 0.3 is 0 Å². The van der Waals surface area contributed by atoms with Gasteiger partial charge in [-0.25, -0.2) is 21.5 Å². The monoisotopic (exact) mass is 637 g/mol. The van der Waals surface area contributed by atoms with E-state index in [1.807, 2.05) is 31.2 Å². The highest BCUT2D eigenvalue weighted by Gasteiger charge is 2.35. The third kappa shape index (κ3) is 5.12. The van der Waals surface area contributed by atoms with E-state index in [1.54, 1.807) is 24.3 Å². The Hall–Kier alpha value is -4.27. The zero-order valence-corrected chi connectivity index (χ0v) is 26.2. The van der Waals surface area contributed by atoms with E-state index in [9.17, 15) is 21.6 Å². The summed E-state index contributed by atoms with van der Waals surface area (Å²) in [5, 5.41) is 10.8. The van der Waals surface area contributed by atoms with Crippen molar-refractivity contribution in [2.45, 2.75) is 30.6 Å². The van der Waals surface area contributed by atoms with E-state index in [-0.39, 0.29) is 29.4 Å². The molecule has 1 fully saturated rings.